The topological polar surface area (TPSA) is 78.9 Å². The van der Waals surface area contributed by atoms with Gasteiger partial charge in [-0.15, -0.1) is 0 Å². The molecule has 0 aliphatic carbocycles. The number of hydrogen-bond acceptors (Lipinski definition) is 5. The highest BCUT2D eigenvalue weighted by Gasteiger charge is 2.21. The van der Waals surface area contributed by atoms with Gasteiger partial charge in [-0.2, -0.15) is 0 Å². The number of nitrogens with one attached hydrogen (secondary N) is 1. The average molecular weight is 369 g/mol. The van der Waals surface area contributed by atoms with Gasteiger partial charge in [0, 0.05) is 52.8 Å². The molecule has 0 saturated carbocycles. The highest BCUT2D eigenvalue weighted by molar-refractivity contribution is 7.89. The van der Waals surface area contributed by atoms with Gasteiger partial charge in [-0.05, 0) is 5.56 Å². The van der Waals surface area contributed by atoms with E-state index in [-0.39, 0.29) is 31.2 Å². The SMILES string of the molecule is COCCS(=O)(=O)NCCC(=O)N1CCN(Cc2ccccc2)CC1. The van der Waals surface area contributed by atoms with Crippen LogP contribution in [-0.4, -0.2) is 76.3 Å². The van der Waals surface area contributed by atoms with Crippen molar-refractivity contribution in [2.45, 2.75) is 13.0 Å². The molecule has 8 heteroatoms. The van der Waals surface area contributed by atoms with Crippen LogP contribution in [0, 0.1) is 0 Å². The smallest absolute Gasteiger partial charge is 0.223 e. The molecule has 1 aliphatic heterocycles. The summed E-state index contributed by atoms with van der Waals surface area (Å²) in [6, 6.07) is 10.3. The third kappa shape index (κ3) is 7.11. The minimum atomic E-state index is -3.37. The first kappa shape index (κ1) is 19.8. The lowest BCUT2D eigenvalue weighted by Crippen LogP contribution is -2.48. The van der Waals surface area contributed by atoms with Crippen LogP contribution < -0.4 is 4.72 Å². The predicted octanol–water partition coefficient (Wildman–Crippen LogP) is 0.287. The van der Waals surface area contributed by atoms with E-state index < -0.39 is 10.0 Å². The van der Waals surface area contributed by atoms with Crippen molar-refractivity contribution in [3.05, 3.63) is 35.9 Å². The van der Waals surface area contributed by atoms with Crippen molar-refractivity contribution in [2.24, 2.45) is 0 Å². The Kier molecular flexibility index (Phi) is 7.83. The molecule has 1 aromatic carbocycles. The highest BCUT2D eigenvalue weighted by atomic mass is 32.2. The molecule has 1 saturated heterocycles. The summed E-state index contributed by atoms with van der Waals surface area (Å²) in [6.45, 7) is 4.20. The number of nitrogens with zero attached hydrogens (tertiary/aromatic N) is 2. The lowest BCUT2D eigenvalue weighted by molar-refractivity contribution is -0.132. The van der Waals surface area contributed by atoms with E-state index in [0.29, 0.717) is 13.1 Å². The maximum atomic E-state index is 12.2. The first-order valence-electron chi connectivity index (χ1n) is 8.50. The number of hydrogen-bond donors (Lipinski definition) is 1. The molecule has 140 valence electrons. The number of rotatable bonds is 9. The Morgan fingerprint density at radius 1 is 1.16 bits per heavy atom. The second-order valence-electron chi connectivity index (χ2n) is 6.10. The Morgan fingerprint density at radius 2 is 1.84 bits per heavy atom. The predicted molar refractivity (Wildman–Crippen MR) is 96.6 cm³/mol. The van der Waals surface area contributed by atoms with Crippen LogP contribution in [0.3, 0.4) is 0 Å². The Hall–Kier alpha value is -1.48. The van der Waals surface area contributed by atoms with E-state index in [1.54, 1.807) is 0 Å². The van der Waals surface area contributed by atoms with Crippen LogP contribution >= 0.6 is 0 Å². The van der Waals surface area contributed by atoms with E-state index in [0.717, 1.165) is 19.6 Å². The van der Waals surface area contributed by atoms with Gasteiger partial charge in [0.15, 0.2) is 0 Å². The fourth-order valence-electron chi connectivity index (χ4n) is 2.73. The Morgan fingerprint density at radius 3 is 2.48 bits per heavy atom. The van der Waals surface area contributed by atoms with E-state index in [1.165, 1.54) is 12.7 Å². The van der Waals surface area contributed by atoms with Crippen molar-refractivity contribution in [1.29, 1.82) is 0 Å². The quantitative estimate of drug-likeness (QED) is 0.677. The Bertz CT molecular complexity index is 629. The second-order valence-corrected chi connectivity index (χ2v) is 8.02. The number of sulfonamides is 1. The van der Waals surface area contributed by atoms with Crippen molar-refractivity contribution in [2.75, 3.05) is 52.2 Å². The molecule has 7 nitrogen and oxygen atoms in total. The van der Waals surface area contributed by atoms with Crippen LogP contribution in [0.15, 0.2) is 30.3 Å². The first-order valence-corrected chi connectivity index (χ1v) is 10.2. The minimum Gasteiger partial charge on any atom is -0.384 e. The molecule has 1 fully saturated rings. The molecule has 1 aromatic rings. The summed E-state index contributed by atoms with van der Waals surface area (Å²) in [7, 11) is -1.91. The van der Waals surface area contributed by atoms with Gasteiger partial charge < -0.3 is 9.64 Å². The van der Waals surface area contributed by atoms with Crippen LogP contribution in [0.2, 0.25) is 0 Å². The molecular weight excluding hydrogens is 342 g/mol. The lowest BCUT2D eigenvalue weighted by Gasteiger charge is -2.34. The molecule has 0 atom stereocenters. The fourth-order valence-corrected chi connectivity index (χ4v) is 3.68. The summed E-state index contributed by atoms with van der Waals surface area (Å²) in [5.74, 6) is -0.0932. The van der Waals surface area contributed by atoms with Crippen molar-refractivity contribution in [3.8, 4) is 0 Å². The molecule has 0 aromatic heterocycles. The number of carbonyl (C=O) groups is 1. The van der Waals surface area contributed by atoms with Gasteiger partial charge in [0.05, 0.1) is 12.4 Å². The Balaban J connectivity index is 1.67. The fraction of sp³-hybridized carbons (Fsp3) is 0.588. The van der Waals surface area contributed by atoms with E-state index >= 15 is 0 Å². The zero-order chi connectivity index (χ0) is 18.1. The molecule has 0 spiro atoms. The van der Waals surface area contributed by atoms with E-state index in [9.17, 15) is 13.2 Å². The van der Waals surface area contributed by atoms with Crippen molar-refractivity contribution >= 4 is 15.9 Å². The zero-order valence-corrected chi connectivity index (χ0v) is 15.5. The van der Waals surface area contributed by atoms with E-state index in [1.807, 2.05) is 23.1 Å². The van der Waals surface area contributed by atoms with Gasteiger partial charge in [-0.25, -0.2) is 13.1 Å². The number of carbonyl (C=O) groups excluding carboxylic acids is 1. The number of piperazine rings is 1. The standard InChI is InChI=1S/C17H27N3O4S/c1-24-13-14-25(22,23)18-8-7-17(21)20-11-9-19(10-12-20)15-16-5-3-2-4-6-16/h2-6,18H,7-15H2,1H3. The third-order valence-electron chi connectivity index (χ3n) is 4.19. The van der Waals surface area contributed by atoms with Gasteiger partial charge in [0.25, 0.3) is 0 Å². The van der Waals surface area contributed by atoms with Crippen LogP contribution in [0.25, 0.3) is 0 Å². The lowest BCUT2D eigenvalue weighted by atomic mass is 10.2. The molecule has 25 heavy (non-hydrogen) atoms. The monoisotopic (exact) mass is 369 g/mol. The first-order chi connectivity index (χ1) is 12.0. The molecular formula is C17H27N3O4S. The largest absolute Gasteiger partial charge is 0.384 e. The van der Waals surface area contributed by atoms with Crippen molar-refractivity contribution in [3.63, 3.8) is 0 Å². The van der Waals surface area contributed by atoms with Crippen molar-refractivity contribution < 1.29 is 17.9 Å². The molecule has 0 bridgehead atoms. The Labute approximate surface area is 150 Å². The average Bonchev–Trinajstić information content (AvgIpc) is 2.61. The van der Waals surface area contributed by atoms with E-state index in [2.05, 4.69) is 21.8 Å². The molecule has 1 N–H and O–H groups in total. The molecule has 1 amide bonds. The van der Waals surface area contributed by atoms with Gasteiger partial charge in [-0.3, -0.25) is 9.69 Å². The maximum absolute atomic E-state index is 12.2. The molecule has 1 aliphatic rings. The number of methoxy groups -OCH3 is 1. The molecule has 0 radical (unpaired) electrons. The summed E-state index contributed by atoms with van der Waals surface area (Å²) in [5, 5.41) is 0. The van der Waals surface area contributed by atoms with Gasteiger partial charge in [0.2, 0.25) is 15.9 Å². The number of benzene rings is 1. The van der Waals surface area contributed by atoms with E-state index in [4.69, 9.17) is 4.74 Å². The van der Waals surface area contributed by atoms with Crippen molar-refractivity contribution in [1.82, 2.24) is 14.5 Å². The van der Waals surface area contributed by atoms with Gasteiger partial charge >= 0.3 is 0 Å². The second kappa shape index (κ2) is 9.86. The van der Waals surface area contributed by atoms with Crippen LogP contribution in [-0.2, 0) is 26.1 Å². The zero-order valence-electron chi connectivity index (χ0n) is 14.7. The molecule has 0 unspecified atom stereocenters. The third-order valence-corrected chi connectivity index (χ3v) is 5.54. The summed E-state index contributed by atoms with van der Waals surface area (Å²) >= 11 is 0. The summed E-state index contributed by atoms with van der Waals surface area (Å²) < 4.78 is 30.5. The highest BCUT2D eigenvalue weighted by Crippen LogP contribution is 2.09. The number of amides is 1. The van der Waals surface area contributed by atoms with Crippen LogP contribution in [0.4, 0.5) is 0 Å². The van der Waals surface area contributed by atoms with Gasteiger partial charge in [0.1, 0.15) is 0 Å². The van der Waals surface area contributed by atoms with Crippen LogP contribution in [0.1, 0.15) is 12.0 Å². The van der Waals surface area contributed by atoms with Crippen LogP contribution in [0.5, 0.6) is 0 Å². The summed E-state index contributed by atoms with van der Waals surface area (Å²) in [5.41, 5.74) is 1.27. The normalized spacial score (nSPS) is 16.1. The molecule has 1 heterocycles. The minimum absolute atomic E-state index is 0.00574. The molecule has 2 rings (SSSR count). The number of ether oxygens (including phenoxy) is 1. The maximum Gasteiger partial charge on any atom is 0.223 e. The summed E-state index contributed by atoms with van der Waals surface area (Å²) in [4.78, 5) is 16.3. The summed E-state index contributed by atoms with van der Waals surface area (Å²) in [6.07, 6.45) is 0.185. The van der Waals surface area contributed by atoms with Gasteiger partial charge in [-0.1, -0.05) is 30.3 Å².